The third-order valence-corrected chi connectivity index (χ3v) is 2.59. The first-order chi connectivity index (χ1) is 8.33. The number of urea groups is 1. The van der Waals surface area contributed by atoms with Gasteiger partial charge >= 0.3 is 6.03 Å². The molecule has 104 valence electrons. The van der Waals surface area contributed by atoms with Gasteiger partial charge in [0.15, 0.2) is 0 Å². The van der Waals surface area contributed by atoms with E-state index in [1.807, 2.05) is 19.2 Å². The summed E-state index contributed by atoms with van der Waals surface area (Å²) in [7, 11) is 0. The lowest BCUT2D eigenvalue weighted by Gasteiger charge is -2.25. The summed E-state index contributed by atoms with van der Waals surface area (Å²) in [4.78, 5) is 35.5. The summed E-state index contributed by atoms with van der Waals surface area (Å²) in [5.74, 6) is -0.638. The van der Waals surface area contributed by atoms with Gasteiger partial charge in [0.05, 0.1) is 12.1 Å². The lowest BCUT2D eigenvalue weighted by molar-refractivity contribution is -0.133. The van der Waals surface area contributed by atoms with Crippen molar-refractivity contribution in [2.24, 2.45) is 5.73 Å². The number of rotatable bonds is 6. The summed E-state index contributed by atoms with van der Waals surface area (Å²) >= 11 is 0. The summed E-state index contributed by atoms with van der Waals surface area (Å²) in [6.07, 6.45) is 0. The van der Waals surface area contributed by atoms with E-state index in [0.29, 0.717) is 13.1 Å². The number of carbonyl (C=O) groups excluding carboxylic acids is 3. The van der Waals surface area contributed by atoms with Gasteiger partial charge in [0.2, 0.25) is 11.8 Å². The van der Waals surface area contributed by atoms with Gasteiger partial charge in [-0.15, -0.1) is 0 Å². The van der Waals surface area contributed by atoms with Crippen molar-refractivity contribution in [1.82, 2.24) is 15.5 Å². The second kappa shape index (κ2) is 7.65. The van der Waals surface area contributed by atoms with Crippen LogP contribution in [0.4, 0.5) is 4.79 Å². The first kappa shape index (κ1) is 16.4. The summed E-state index contributed by atoms with van der Waals surface area (Å²) in [5.41, 5.74) is 4.84. The van der Waals surface area contributed by atoms with E-state index in [9.17, 15) is 14.4 Å². The van der Waals surface area contributed by atoms with Crippen LogP contribution in [0.15, 0.2) is 0 Å². The Balaban J connectivity index is 4.38. The van der Waals surface area contributed by atoms with Crippen LogP contribution >= 0.6 is 0 Å². The first-order valence-electron chi connectivity index (χ1n) is 5.98. The standard InChI is InChI=1S/C11H22N4O3/c1-5-15(6-2)10(17)8(4)13-7(3)9(16)14-11(12)18/h7-8,13H,5-6H2,1-4H3,(H3,12,14,16,18). The van der Waals surface area contributed by atoms with Gasteiger partial charge in [0, 0.05) is 13.1 Å². The molecule has 0 bridgehead atoms. The number of hydrogen-bond donors (Lipinski definition) is 3. The summed E-state index contributed by atoms with van der Waals surface area (Å²) in [6, 6.07) is -2.08. The normalized spacial score (nSPS) is 13.6. The van der Waals surface area contributed by atoms with E-state index < -0.39 is 24.0 Å². The summed E-state index contributed by atoms with van der Waals surface area (Å²) in [6.45, 7) is 8.24. The van der Waals surface area contributed by atoms with Crippen molar-refractivity contribution < 1.29 is 14.4 Å². The molecule has 4 amide bonds. The molecule has 2 atom stereocenters. The van der Waals surface area contributed by atoms with E-state index >= 15 is 0 Å². The number of hydrogen-bond acceptors (Lipinski definition) is 4. The van der Waals surface area contributed by atoms with Crippen molar-refractivity contribution in [1.29, 1.82) is 0 Å². The third-order valence-electron chi connectivity index (χ3n) is 2.59. The number of imide groups is 1. The van der Waals surface area contributed by atoms with E-state index in [1.54, 1.807) is 18.7 Å². The van der Waals surface area contributed by atoms with Gasteiger partial charge in [-0.3, -0.25) is 20.2 Å². The molecular formula is C11H22N4O3. The Hall–Kier alpha value is -1.63. The predicted octanol–water partition coefficient (Wildman–Crippen LogP) is -0.584. The zero-order valence-electron chi connectivity index (χ0n) is 11.3. The molecule has 0 heterocycles. The van der Waals surface area contributed by atoms with Gasteiger partial charge in [0.1, 0.15) is 0 Å². The molecule has 0 aliphatic heterocycles. The van der Waals surface area contributed by atoms with E-state index in [-0.39, 0.29) is 5.91 Å². The molecule has 7 nitrogen and oxygen atoms in total. The van der Waals surface area contributed by atoms with Crippen LogP contribution in [0, 0.1) is 0 Å². The Morgan fingerprint density at radius 1 is 1.11 bits per heavy atom. The fraction of sp³-hybridized carbons (Fsp3) is 0.727. The number of amides is 4. The van der Waals surface area contributed by atoms with Crippen LogP contribution in [0.2, 0.25) is 0 Å². The summed E-state index contributed by atoms with van der Waals surface area (Å²) < 4.78 is 0. The molecule has 0 aliphatic carbocycles. The number of primary amides is 1. The van der Waals surface area contributed by atoms with Crippen molar-refractivity contribution in [3.8, 4) is 0 Å². The van der Waals surface area contributed by atoms with Gasteiger partial charge in [-0.2, -0.15) is 0 Å². The first-order valence-corrected chi connectivity index (χ1v) is 5.98. The van der Waals surface area contributed by atoms with Gasteiger partial charge in [0.25, 0.3) is 0 Å². The highest BCUT2D eigenvalue weighted by Gasteiger charge is 2.22. The average molecular weight is 258 g/mol. The molecule has 7 heteroatoms. The lowest BCUT2D eigenvalue weighted by Crippen LogP contribution is -2.53. The fourth-order valence-electron chi connectivity index (χ4n) is 1.56. The quantitative estimate of drug-likeness (QED) is 0.592. The van der Waals surface area contributed by atoms with Gasteiger partial charge < -0.3 is 10.6 Å². The highest BCUT2D eigenvalue weighted by molar-refractivity contribution is 5.96. The average Bonchev–Trinajstić information content (AvgIpc) is 2.29. The minimum atomic E-state index is -0.906. The van der Waals surface area contributed by atoms with Crippen LogP contribution in [-0.2, 0) is 9.59 Å². The molecule has 0 fully saturated rings. The Morgan fingerprint density at radius 2 is 1.61 bits per heavy atom. The minimum absolute atomic E-state index is 0.0845. The molecule has 0 saturated carbocycles. The number of likely N-dealkylation sites (N-methyl/N-ethyl adjacent to an activating group) is 1. The SMILES string of the molecule is CCN(CC)C(=O)C(C)NC(C)C(=O)NC(N)=O. The molecule has 0 spiro atoms. The van der Waals surface area contributed by atoms with Crippen LogP contribution in [0.1, 0.15) is 27.7 Å². The van der Waals surface area contributed by atoms with Crippen molar-refractivity contribution in [2.45, 2.75) is 39.8 Å². The van der Waals surface area contributed by atoms with Crippen LogP contribution in [0.5, 0.6) is 0 Å². The number of carbonyl (C=O) groups is 3. The molecule has 0 aliphatic rings. The van der Waals surface area contributed by atoms with E-state index in [2.05, 4.69) is 5.32 Å². The maximum Gasteiger partial charge on any atom is 0.318 e. The van der Waals surface area contributed by atoms with Crippen LogP contribution in [0.3, 0.4) is 0 Å². The van der Waals surface area contributed by atoms with E-state index in [0.717, 1.165) is 0 Å². The molecule has 0 aromatic heterocycles. The van der Waals surface area contributed by atoms with E-state index in [4.69, 9.17) is 5.73 Å². The topological polar surface area (TPSA) is 105 Å². The predicted molar refractivity (Wildman–Crippen MR) is 67.7 cm³/mol. The second-order valence-electron chi connectivity index (χ2n) is 3.97. The maximum atomic E-state index is 11.9. The zero-order chi connectivity index (χ0) is 14.3. The molecular weight excluding hydrogens is 236 g/mol. The highest BCUT2D eigenvalue weighted by atomic mass is 16.2. The van der Waals surface area contributed by atoms with Gasteiger partial charge in [-0.1, -0.05) is 0 Å². The second-order valence-corrected chi connectivity index (χ2v) is 3.97. The smallest absolute Gasteiger partial charge is 0.318 e. The molecule has 0 saturated heterocycles. The maximum absolute atomic E-state index is 11.9. The molecule has 4 N–H and O–H groups in total. The van der Waals surface area contributed by atoms with E-state index in [1.165, 1.54) is 0 Å². The van der Waals surface area contributed by atoms with Crippen LogP contribution in [0.25, 0.3) is 0 Å². The van der Waals surface area contributed by atoms with Gasteiger partial charge in [-0.25, -0.2) is 4.79 Å². The largest absolute Gasteiger partial charge is 0.351 e. The Bertz CT molecular complexity index is 315. The highest BCUT2D eigenvalue weighted by Crippen LogP contribution is 1.96. The minimum Gasteiger partial charge on any atom is -0.351 e. The fourth-order valence-corrected chi connectivity index (χ4v) is 1.56. The molecule has 0 aromatic rings. The third kappa shape index (κ3) is 5.13. The van der Waals surface area contributed by atoms with Crippen LogP contribution < -0.4 is 16.4 Å². The monoisotopic (exact) mass is 258 g/mol. The lowest BCUT2D eigenvalue weighted by atomic mass is 10.2. The zero-order valence-corrected chi connectivity index (χ0v) is 11.3. The molecule has 0 rings (SSSR count). The molecule has 0 radical (unpaired) electrons. The molecule has 18 heavy (non-hydrogen) atoms. The molecule has 2 unspecified atom stereocenters. The number of nitrogens with two attached hydrogens (primary N) is 1. The molecule has 0 aromatic carbocycles. The van der Waals surface area contributed by atoms with Crippen LogP contribution in [-0.4, -0.2) is 47.9 Å². The summed E-state index contributed by atoms with van der Waals surface area (Å²) in [5, 5.41) is 4.78. The Labute approximate surface area is 107 Å². The van der Waals surface area contributed by atoms with Crippen molar-refractivity contribution >= 4 is 17.8 Å². The van der Waals surface area contributed by atoms with Gasteiger partial charge in [-0.05, 0) is 27.7 Å². The van der Waals surface area contributed by atoms with Crippen molar-refractivity contribution in [2.75, 3.05) is 13.1 Å². The van der Waals surface area contributed by atoms with Crippen molar-refractivity contribution in [3.63, 3.8) is 0 Å². The number of nitrogens with zero attached hydrogens (tertiary/aromatic N) is 1. The Morgan fingerprint density at radius 3 is 2.00 bits per heavy atom. The van der Waals surface area contributed by atoms with Crippen molar-refractivity contribution in [3.05, 3.63) is 0 Å². The number of nitrogens with one attached hydrogen (secondary N) is 2. The Kier molecular flexibility index (Phi) is 6.96.